The number of hydrogen-bond donors (Lipinski definition) is 0. The Bertz CT molecular complexity index is 3120. The van der Waals surface area contributed by atoms with E-state index >= 15 is 0 Å². The molecule has 0 aliphatic heterocycles. The maximum atomic E-state index is 6.71. The molecule has 0 bridgehead atoms. The van der Waals surface area contributed by atoms with Crippen LogP contribution >= 0.6 is 11.8 Å². The Hall–Kier alpha value is -7.16. The molecule has 7 nitrogen and oxygen atoms in total. The van der Waals surface area contributed by atoms with Gasteiger partial charge in [-0.3, -0.25) is 0 Å². The van der Waals surface area contributed by atoms with Crippen molar-refractivity contribution in [3.8, 4) is 56.8 Å². The van der Waals surface area contributed by atoms with Gasteiger partial charge in [-0.2, -0.15) is 0 Å². The second kappa shape index (κ2) is 14.5. The molecule has 4 aromatic heterocycles. The van der Waals surface area contributed by atoms with Crippen LogP contribution in [-0.4, -0.2) is 24.9 Å². The number of benzene rings is 6. The van der Waals surface area contributed by atoms with Crippen molar-refractivity contribution >= 4 is 50.7 Å². The highest BCUT2D eigenvalue weighted by molar-refractivity contribution is 7.99. The predicted molar refractivity (Wildman–Crippen MR) is 230 cm³/mol. The molecule has 0 saturated heterocycles. The zero-order valence-electron chi connectivity index (χ0n) is 31.0. The summed E-state index contributed by atoms with van der Waals surface area (Å²) in [6.07, 6.45) is 6.01. The fourth-order valence-electron chi connectivity index (χ4n) is 7.21. The Kier molecular flexibility index (Phi) is 8.73. The smallest absolute Gasteiger partial charge is 0.164 e. The van der Waals surface area contributed by atoms with Gasteiger partial charge < -0.3 is 8.83 Å². The number of fused-ring (bicyclic) bond motifs is 4. The summed E-state index contributed by atoms with van der Waals surface area (Å²) >= 11 is 1.65. The zero-order valence-corrected chi connectivity index (χ0v) is 31.9. The molecule has 0 aliphatic carbocycles. The summed E-state index contributed by atoms with van der Waals surface area (Å²) in [4.78, 5) is 27.2. The first-order valence-corrected chi connectivity index (χ1v) is 19.5. The van der Waals surface area contributed by atoms with E-state index in [1.54, 1.807) is 11.8 Å². The highest BCUT2D eigenvalue weighted by Gasteiger charge is 2.20. The molecule has 0 amide bonds. The van der Waals surface area contributed by atoms with Gasteiger partial charge in [0.15, 0.2) is 23.3 Å². The van der Waals surface area contributed by atoms with Gasteiger partial charge in [0.1, 0.15) is 22.5 Å². The number of para-hydroxylation sites is 1. The van der Waals surface area contributed by atoms with Gasteiger partial charge in [-0.25, -0.2) is 24.9 Å². The van der Waals surface area contributed by atoms with Gasteiger partial charge in [0.25, 0.3) is 0 Å². The molecule has 57 heavy (non-hydrogen) atoms. The van der Waals surface area contributed by atoms with Crippen molar-refractivity contribution in [3.63, 3.8) is 0 Å². The Morgan fingerprint density at radius 3 is 1.93 bits per heavy atom. The SMILES string of the molecule is C/C=C\c1c(C)oc2ccc(-c3nc(-c4ccccc4)nc(-c4ccc5c(c4)oc4c(-c6ncc(Sc7ccccc7)c(-c7ccccc7)n6)cccc45)n3)cc12. The maximum Gasteiger partial charge on any atom is 0.164 e. The summed E-state index contributed by atoms with van der Waals surface area (Å²) in [5, 5.41) is 2.96. The summed E-state index contributed by atoms with van der Waals surface area (Å²) < 4.78 is 12.8. The molecule has 0 fully saturated rings. The van der Waals surface area contributed by atoms with Gasteiger partial charge in [0, 0.05) is 55.1 Å². The molecule has 6 aromatic carbocycles. The zero-order chi connectivity index (χ0) is 38.3. The van der Waals surface area contributed by atoms with Gasteiger partial charge in [0.2, 0.25) is 0 Å². The Morgan fingerprint density at radius 1 is 0.526 bits per heavy atom. The number of aromatic nitrogens is 5. The third-order valence-corrected chi connectivity index (χ3v) is 11.0. The van der Waals surface area contributed by atoms with Crippen LogP contribution in [0.15, 0.2) is 176 Å². The van der Waals surface area contributed by atoms with Crippen molar-refractivity contribution in [2.45, 2.75) is 23.6 Å². The minimum Gasteiger partial charge on any atom is -0.461 e. The number of hydrogen-bond acceptors (Lipinski definition) is 8. The Balaban J connectivity index is 1.09. The van der Waals surface area contributed by atoms with E-state index in [1.807, 2.05) is 129 Å². The van der Waals surface area contributed by atoms with Crippen LogP contribution in [0.3, 0.4) is 0 Å². The summed E-state index contributed by atoms with van der Waals surface area (Å²) in [6.45, 7) is 3.99. The van der Waals surface area contributed by atoms with Gasteiger partial charge in [-0.15, -0.1) is 0 Å². The molecule has 0 N–H and O–H groups in total. The lowest BCUT2D eigenvalue weighted by Crippen LogP contribution is -2.00. The number of rotatable bonds is 8. The van der Waals surface area contributed by atoms with E-state index in [2.05, 4.69) is 48.5 Å². The minimum absolute atomic E-state index is 0.543. The Labute approximate surface area is 332 Å². The van der Waals surface area contributed by atoms with Crippen LogP contribution in [0.2, 0.25) is 0 Å². The van der Waals surface area contributed by atoms with E-state index < -0.39 is 0 Å². The molecule has 0 saturated carbocycles. The van der Waals surface area contributed by atoms with E-state index in [4.69, 9.17) is 33.8 Å². The molecule has 10 aromatic rings. The fourth-order valence-corrected chi connectivity index (χ4v) is 8.12. The van der Waals surface area contributed by atoms with Crippen molar-refractivity contribution in [1.82, 2.24) is 24.9 Å². The van der Waals surface area contributed by atoms with Crippen molar-refractivity contribution in [1.29, 1.82) is 0 Å². The van der Waals surface area contributed by atoms with Gasteiger partial charge in [-0.1, -0.05) is 121 Å². The van der Waals surface area contributed by atoms with Crippen molar-refractivity contribution in [2.24, 2.45) is 0 Å². The molecule has 4 heterocycles. The van der Waals surface area contributed by atoms with Crippen LogP contribution in [0.25, 0.3) is 95.8 Å². The summed E-state index contributed by atoms with van der Waals surface area (Å²) in [5.41, 5.74) is 8.57. The van der Waals surface area contributed by atoms with Crippen LogP contribution in [0, 0.1) is 6.92 Å². The van der Waals surface area contributed by atoms with Crippen LogP contribution in [0.4, 0.5) is 0 Å². The van der Waals surface area contributed by atoms with Gasteiger partial charge in [0.05, 0.1) is 16.2 Å². The van der Waals surface area contributed by atoms with Crippen molar-refractivity contribution in [2.75, 3.05) is 0 Å². The van der Waals surface area contributed by atoms with Crippen molar-refractivity contribution in [3.05, 3.63) is 169 Å². The van der Waals surface area contributed by atoms with Gasteiger partial charge >= 0.3 is 0 Å². The maximum absolute atomic E-state index is 6.71. The number of furan rings is 2. The summed E-state index contributed by atoms with van der Waals surface area (Å²) in [5.74, 6) is 3.15. The summed E-state index contributed by atoms with van der Waals surface area (Å²) in [7, 11) is 0. The average Bonchev–Trinajstić information content (AvgIpc) is 3.80. The second-order valence-corrected chi connectivity index (χ2v) is 14.8. The topological polar surface area (TPSA) is 90.7 Å². The Morgan fingerprint density at radius 2 is 1.19 bits per heavy atom. The first kappa shape index (κ1) is 34.3. The number of aryl methyl sites for hydroxylation is 1. The summed E-state index contributed by atoms with van der Waals surface area (Å²) in [6, 6.07) is 48.9. The second-order valence-electron chi connectivity index (χ2n) is 13.6. The molecule has 0 unspecified atom stereocenters. The fraction of sp³-hybridized carbons (Fsp3) is 0.0408. The van der Waals surface area contributed by atoms with E-state index in [1.165, 1.54) is 0 Å². The number of nitrogens with zero attached hydrogens (tertiary/aromatic N) is 5. The van der Waals surface area contributed by atoms with E-state index in [-0.39, 0.29) is 0 Å². The molecule has 0 aliphatic rings. The highest BCUT2D eigenvalue weighted by atomic mass is 32.2. The van der Waals surface area contributed by atoms with Crippen LogP contribution in [-0.2, 0) is 0 Å². The van der Waals surface area contributed by atoms with E-state index in [0.717, 1.165) is 76.4 Å². The van der Waals surface area contributed by atoms with Crippen molar-refractivity contribution < 1.29 is 8.83 Å². The monoisotopic (exact) mass is 755 g/mol. The average molecular weight is 756 g/mol. The molecule has 8 heteroatoms. The lowest BCUT2D eigenvalue weighted by Gasteiger charge is -2.11. The quantitative estimate of drug-likeness (QED) is 0.151. The van der Waals surface area contributed by atoms with E-state index in [0.29, 0.717) is 34.5 Å². The van der Waals surface area contributed by atoms with Crippen LogP contribution < -0.4 is 0 Å². The van der Waals surface area contributed by atoms with E-state index in [9.17, 15) is 0 Å². The molecular formula is C49H33N5O2S. The first-order chi connectivity index (χ1) is 28.1. The van der Waals surface area contributed by atoms with Gasteiger partial charge in [-0.05, 0) is 62.4 Å². The predicted octanol–water partition coefficient (Wildman–Crippen LogP) is 13.1. The normalized spacial score (nSPS) is 11.7. The molecule has 272 valence electrons. The minimum atomic E-state index is 0.543. The lowest BCUT2D eigenvalue weighted by molar-refractivity contribution is 0.577. The third kappa shape index (κ3) is 6.46. The lowest BCUT2D eigenvalue weighted by atomic mass is 10.1. The molecular weight excluding hydrogens is 723 g/mol. The third-order valence-electron chi connectivity index (χ3n) is 9.94. The molecule has 0 spiro atoms. The number of allylic oxidation sites excluding steroid dienone is 1. The molecule has 10 rings (SSSR count). The first-order valence-electron chi connectivity index (χ1n) is 18.7. The highest BCUT2D eigenvalue weighted by Crippen LogP contribution is 2.40. The molecule has 0 atom stereocenters. The molecule has 0 radical (unpaired) electrons. The largest absolute Gasteiger partial charge is 0.461 e. The van der Waals surface area contributed by atoms with Crippen LogP contribution in [0.5, 0.6) is 0 Å². The standard InChI is InChI=1S/C49H33N5O2S/c1-3-14-36-30(2)55-41-26-24-33(27-40(36)41)47-52-46(32-17-9-5-10-18-32)53-48(54-47)34-23-25-37-38-21-13-22-39(45(38)56-42(37)28-34)49-50-29-43(57-35-19-11-6-12-20-35)44(51-49)31-15-7-4-8-16-31/h3-29H,1-2H3/b14-3-. The van der Waals surface area contributed by atoms with Crippen LogP contribution in [0.1, 0.15) is 18.2 Å².